The number of para-hydroxylation sites is 1. The van der Waals surface area contributed by atoms with Crippen LogP contribution in [0.1, 0.15) is 22.0 Å². The van der Waals surface area contributed by atoms with Crippen LogP contribution in [0.3, 0.4) is 0 Å². The molecular weight excluding hydrogens is 256 g/mol. The summed E-state index contributed by atoms with van der Waals surface area (Å²) in [7, 11) is 1.32. The minimum atomic E-state index is -0.748. The molecule has 0 saturated heterocycles. The zero-order valence-electron chi connectivity index (χ0n) is 11.2. The summed E-state index contributed by atoms with van der Waals surface area (Å²) in [5, 5.41) is 10.0. The first-order valence-corrected chi connectivity index (χ1v) is 6.25. The van der Waals surface area contributed by atoms with Crippen LogP contribution in [-0.4, -0.2) is 24.8 Å². The molecule has 104 valence electrons. The highest BCUT2D eigenvalue weighted by Crippen LogP contribution is 2.21. The van der Waals surface area contributed by atoms with Gasteiger partial charge in [0, 0.05) is 0 Å². The van der Waals surface area contributed by atoms with Gasteiger partial charge < -0.3 is 14.6 Å². The highest BCUT2D eigenvalue weighted by Gasteiger charge is 2.14. The molecular formula is C16H16O4. The van der Waals surface area contributed by atoms with E-state index >= 15 is 0 Å². The Morgan fingerprint density at radius 2 is 1.75 bits per heavy atom. The van der Waals surface area contributed by atoms with Crippen molar-refractivity contribution in [3.05, 3.63) is 65.7 Å². The number of benzene rings is 2. The molecule has 0 spiro atoms. The van der Waals surface area contributed by atoms with Crippen molar-refractivity contribution in [2.24, 2.45) is 0 Å². The molecule has 0 heterocycles. The molecule has 0 radical (unpaired) electrons. The first kappa shape index (κ1) is 14.1. The zero-order chi connectivity index (χ0) is 14.4. The number of methoxy groups -OCH3 is 1. The topological polar surface area (TPSA) is 55.8 Å². The molecule has 0 bridgehead atoms. The summed E-state index contributed by atoms with van der Waals surface area (Å²) in [5.41, 5.74) is 1.11. The van der Waals surface area contributed by atoms with Gasteiger partial charge in [-0.1, -0.05) is 42.5 Å². The van der Waals surface area contributed by atoms with Crippen molar-refractivity contribution in [1.82, 2.24) is 0 Å². The number of hydrogen-bond acceptors (Lipinski definition) is 4. The Kier molecular flexibility index (Phi) is 4.74. The third kappa shape index (κ3) is 3.36. The van der Waals surface area contributed by atoms with E-state index in [-0.39, 0.29) is 6.61 Å². The fourth-order valence-electron chi connectivity index (χ4n) is 1.81. The van der Waals surface area contributed by atoms with Crippen LogP contribution in [0.4, 0.5) is 0 Å². The van der Waals surface area contributed by atoms with Gasteiger partial charge in [0.1, 0.15) is 24.0 Å². The highest BCUT2D eigenvalue weighted by molar-refractivity contribution is 5.92. The molecule has 0 aliphatic rings. The summed E-state index contributed by atoms with van der Waals surface area (Å²) in [6.45, 7) is 0.0675. The van der Waals surface area contributed by atoms with Gasteiger partial charge in [0.15, 0.2) is 0 Å². The van der Waals surface area contributed by atoms with Crippen LogP contribution in [0.15, 0.2) is 54.6 Å². The standard InChI is InChI=1S/C16H16O4/c1-19-16(18)13-9-5-6-10-15(13)20-11-14(17)12-7-3-2-4-8-12/h2-10,14,17H,11H2,1H3. The van der Waals surface area contributed by atoms with Crippen LogP contribution >= 0.6 is 0 Å². The van der Waals surface area contributed by atoms with Crippen molar-refractivity contribution in [2.75, 3.05) is 13.7 Å². The second kappa shape index (κ2) is 6.73. The number of carbonyl (C=O) groups is 1. The van der Waals surface area contributed by atoms with Gasteiger partial charge in [0.2, 0.25) is 0 Å². The van der Waals surface area contributed by atoms with Gasteiger partial charge in [-0.2, -0.15) is 0 Å². The van der Waals surface area contributed by atoms with Crippen LogP contribution < -0.4 is 4.74 Å². The minimum Gasteiger partial charge on any atom is -0.490 e. The Hall–Kier alpha value is -2.33. The number of esters is 1. The molecule has 2 aromatic carbocycles. The van der Waals surface area contributed by atoms with Crippen LogP contribution in [0.25, 0.3) is 0 Å². The third-order valence-electron chi connectivity index (χ3n) is 2.87. The monoisotopic (exact) mass is 272 g/mol. The highest BCUT2D eigenvalue weighted by atomic mass is 16.5. The van der Waals surface area contributed by atoms with Gasteiger partial charge in [0.25, 0.3) is 0 Å². The van der Waals surface area contributed by atoms with Crippen molar-refractivity contribution in [2.45, 2.75) is 6.10 Å². The molecule has 0 amide bonds. The summed E-state index contributed by atoms with van der Waals surface area (Å²) >= 11 is 0. The predicted molar refractivity (Wildman–Crippen MR) is 74.7 cm³/mol. The zero-order valence-corrected chi connectivity index (χ0v) is 11.2. The molecule has 1 N–H and O–H groups in total. The summed E-state index contributed by atoms with van der Waals surface area (Å²) in [5.74, 6) is -0.0656. The average molecular weight is 272 g/mol. The molecule has 0 aliphatic heterocycles. The Morgan fingerprint density at radius 1 is 1.10 bits per heavy atom. The Morgan fingerprint density at radius 3 is 2.45 bits per heavy atom. The van der Waals surface area contributed by atoms with E-state index < -0.39 is 12.1 Å². The fraction of sp³-hybridized carbons (Fsp3) is 0.188. The van der Waals surface area contributed by atoms with Crippen LogP contribution in [0, 0.1) is 0 Å². The Labute approximate surface area is 117 Å². The number of hydrogen-bond donors (Lipinski definition) is 1. The summed E-state index contributed by atoms with van der Waals surface area (Å²) in [6, 6.07) is 16.0. The first-order chi connectivity index (χ1) is 9.72. The Bertz CT molecular complexity index is 566. The van der Waals surface area contributed by atoms with E-state index in [0.29, 0.717) is 11.3 Å². The van der Waals surface area contributed by atoms with Crippen LogP contribution in [-0.2, 0) is 4.74 Å². The third-order valence-corrected chi connectivity index (χ3v) is 2.87. The summed E-state index contributed by atoms with van der Waals surface area (Å²) in [6.07, 6.45) is -0.748. The van der Waals surface area contributed by atoms with Gasteiger partial charge in [-0.3, -0.25) is 0 Å². The largest absolute Gasteiger partial charge is 0.490 e. The van der Waals surface area contributed by atoms with E-state index in [2.05, 4.69) is 4.74 Å². The normalized spacial score (nSPS) is 11.7. The van der Waals surface area contributed by atoms with Crippen molar-refractivity contribution in [3.63, 3.8) is 0 Å². The van der Waals surface area contributed by atoms with Gasteiger partial charge >= 0.3 is 5.97 Å². The van der Waals surface area contributed by atoms with E-state index in [1.54, 1.807) is 24.3 Å². The lowest BCUT2D eigenvalue weighted by atomic mass is 10.1. The maximum absolute atomic E-state index is 11.6. The molecule has 1 unspecified atom stereocenters. The van der Waals surface area contributed by atoms with Crippen molar-refractivity contribution in [3.8, 4) is 5.75 Å². The average Bonchev–Trinajstić information content (AvgIpc) is 2.53. The fourth-order valence-corrected chi connectivity index (χ4v) is 1.81. The van der Waals surface area contributed by atoms with E-state index in [4.69, 9.17) is 4.74 Å². The van der Waals surface area contributed by atoms with Crippen molar-refractivity contribution < 1.29 is 19.4 Å². The van der Waals surface area contributed by atoms with Gasteiger partial charge in [-0.15, -0.1) is 0 Å². The van der Waals surface area contributed by atoms with Crippen LogP contribution in [0.2, 0.25) is 0 Å². The maximum atomic E-state index is 11.6. The Balaban J connectivity index is 2.06. The SMILES string of the molecule is COC(=O)c1ccccc1OCC(O)c1ccccc1. The number of aliphatic hydroxyl groups excluding tert-OH is 1. The molecule has 0 fully saturated rings. The van der Waals surface area contributed by atoms with Gasteiger partial charge in [0.05, 0.1) is 7.11 Å². The molecule has 20 heavy (non-hydrogen) atoms. The van der Waals surface area contributed by atoms with Gasteiger partial charge in [-0.05, 0) is 17.7 Å². The molecule has 0 aromatic heterocycles. The lowest BCUT2D eigenvalue weighted by Crippen LogP contribution is -2.12. The second-order valence-electron chi connectivity index (χ2n) is 4.23. The maximum Gasteiger partial charge on any atom is 0.341 e. The van der Waals surface area contributed by atoms with Crippen molar-refractivity contribution in [1.29, 1.82) is 0 Å². The van der Waals surface area contributed by atoms with Crippen molar-refractivity contribution >= 4 is 5.97 Å². The molecule has 2 aromatic rings. The number of carbonyl (C=O) groups excluding carboxylic acids is 1. The smallest absolute Gasteiger partial charge is 0.341 e. The molecule has 1 atom stereocenters. The number of rotatable bonds is 5. The van der Waals surface area contributed by atoms with E-state index in [0.717, 1.165) is 5.56 Å². The first-order valence-electron chi connectivity index (χ1n) is 6.25. The molecule has 4 nitrogen and oxygen atoms in total. The molecule has 0 aliphatic carbocycles. The second-order valence-corrected chi connectivity index (χ2v) is 4.23. The summed E-state index contributed by atoms with van der Waals surface area (Å²) < 4.78 is 10.2. The van der Waals surface area contributed by atoms with E-state index in [1.165, 1.54) is 7.11 Å². The lowest BCUT2D eigenvalue weighted by Gasteiger charge is -2.14. The molecule has 0 saturated carbocycles. The van der Waals surface area contributed by atoms with E-state index in [1.807, 2.05) is 30.3 Å². The number of aliphatic hydroxyl groups is 1. The van der Waals surface area contributed by atoms with Gasteiger partial charge in [-0.25, -0.2) is 4.79 Å². The quantitative estimate of drug-likeness (QED) is 0.850. The molecule has 4 heteroatoms. The minimum absolute atomic E-state index is 0.0675. The lowest BCUT2D eigenvalue weighted by molar-refractivity contribution is 0.0589. The molecule has 2 rings (SSSR count). The summed E-state index contributed by atoms with van der Waals surface area (Å²) in [4.78, 5) is 11.6. The van der Waals surface area contributed by atoms with E-state index in [9.17, 15) is 9.90 Å². The van der Waals surface area contributed by atoms with Crippen LogP contribution in [0.5, 0.6) is 5.75 Å². The number of ether oxygens (including phenoxy) is 2. The predicted octanol–water partition coefficient (Wildman–Crippen LogP) is 2.59.